The number of carbonyl (C=O) groups is 2. The van der Waals surface area contributed by atoms with Gasteiger partial charge >= 0.3 is 12.0 Å². The van der Waals surface area contributed by atoms with Gasteiger partial charge in [-0.05, 0) is 37.3 Å². The number of nitrogens with zero attached hydrogens (tertiary/aromatic N) is 2. The molecular formula is C31H40N2O3S. The van der Waals surface area contributed by atoms with Crippen LogP contribution in [0.1, 0.15) is 76.0 Å². The molecule has 0 saturated carbocycles. The van der Waals surface area contributed by atoms with Crippen molar-refractivity contribution in [2.24, 2.45) is 0 Å². The highest BCUT2D eigenvalue weighted by molar-refractivity contribution is 8.03. The molecule has 6 heteroatoms. The van der Waals surface area contributed by atoms with E-state index in [4.69, 9.17) is 4.74 Å². The van der Waals surface area contributed by atoms with Crippen molar-refractivity contribution in [3.8, 4) is 0 Å². The summed E-state index contributed by atoms with van der Waals surface area (Å²) >= 11 is 1.86. The van der Waals surface area contributed by atoms with Crippen LogP contribution in [0, 0.1) is 0 Å². The number of unbranched alkanes of at least 4 members (excludes halogenated alkanes) is 4. The van der Waals surface area contributed by atoms with E-state index < -0.39 is 0 Å². The van der Waals surface area contributed by atoms with E-state index in [2.05, 4.69) is 54.0 Å². The molecule has 3 atom stereocenters. The van der Waals surface area contributed by atoms with Crippen LogP contribution in [0.5, 0.6) is 0 Å². The monoisotopic (exact) mass is 520 g/mol. The third kappa shape index (κ3) is 6.98. The summed E-state index contributed by atoms with van der Waals surface area (Å²) < 4.78 is 5.39. The zero-order valence-corrected chi connectivity index (χ0v) is 23.0. The molecule has 2 fully saturated rings. The highest BCUT2D eigenvalue weighted by Crippen LogP contribution is 2.46. The fourth-order valence-electron chi connectivity index (χ4n) is 5.30. The first kappa shape index (κ1) is 27.3. The molecule has 2 heterocycles. The van der Waals surface area contributed by atoms with E-state index in [1.807, 2.05) is 48.2 Å². The van der Waals surface area contributed by atoms with Gasteiger partial charge in [-0.25, -0.2) is 4.79 Å². The average molecular weight is 521 g/mol. The van der Waals surface area contributed by atoms with Gasteiger partial charge in [0, 0.05) is 23.6 Å². The van der Waals surface area contributed by atoms with Gasteiger partial charge in [0.05, 0.1) is 24.7 Å². The second kappa shape index (κ2) is 13.7. The zero-order valence-electron chi connectivity index (χ0n) is 22.2. The number of rotatable bonds is 13. The molecule has 37 heavy (non-hydrogen) atoms. The Morgan fingerprint density at radius 3 is 2.51 bits per heavy atom. The van der Waals surface area contributed by atoms with Gasteiger partial charge in [0.25, 0.3) is 0 Å². The summed E-state index contributed by atoms with van der Waals surface area (Å²) in [6, 6.07) is 20.8. The van der Waals surface area contributed by atoms with E-state index in [9.17, 15) is 9.59 Å². The minimum Gasteiger partial charge on any atom is -0.466 e. The van der Waals surface area contributed by atoms with Gasteiger partial charge in [0.1, 0.15) is 0 Å². The van der Waals surface area contributed by atoms with Crippen molar-refractivity contribution in [2.45, 2.75) is 83.5 Å². The van der Waals surface area contributed by atoms with E-state index in [0.717, 1.165) is 42.6 Å². The Morgan fingerprint density at radius 2 is 1.78 bits per heavy atom. The molecular weight excluding hydrogens is 480 g/mol. The van der Waals surface area contributed by atoms with E-state index >= 15 is 0 Å². The van der Waals surface area contributed by atoms with Crippen molar-refractivity contribution in [1.82, 2.24) is 9.80 Å². The van der Waals surface area contributed by atoms with Crippen LogP contribution in [0.25, 0.3) is 0 Å². The summed E-state index contributed by atoms with van der Waals surface area (Å²) in [7, 11) is 0. The van der Waals surface area contributed by atoms with Gasteiger partial charge in [0.2, 0.25) is 0 Å². The lowest BCUT2D eigenvalue weighted by atomic mass is 10.0. The lowest BCUT2D eigenvalue weighted by Gasteiger charge is -2.29. The van der Waals surface area contributed by atoms with Crippen LogP contribution in [0.3, 0.4) is 0 Å². The molecule has 2 aromatic rings. The minimum atomic E-state index is -0.101. The number of allylic oxidation sites excluding steroid dienone is 1. The molecule has 2 aliphatic heterocycles. The van der Waals surface area contributed by atoms with E-state index in [1.165, 1.54) is 17.7 Å². The number of urea groups is 1. The zero-order chi connectivity index (χ0) is 26.0. The number of fused-ring (bicyclic) bond motifs is 1. The van der Waals surface area contributed by atoms with Crippen molar-refractivity contribution < 1.29 is 14.3 Å². The highest BCUT2D eigenvalue weighted by Gasteiger charge is 2.52. The number of hydrogen-bond acceptors (Lipinski definition) is 4. The third-order valence-corrected chi connectivity index (χ3v) is 8.57. The Kier molecular flexibility index (Phi) is 10.1. The molecule has 0 N–H and O–H groups in total. The maximum atomic E-state index is 13.8. The molecule has 0 bridgehead atoms. The van der Waals surface area contributed by atoms with E-state index in [1.54, 1.807) is 0 Å². The molecule has 0 unspecified atom stereocenters. The maximum Gasteiger partial charge on any atom is 0.321 e. The molecule has 0 spiro atoms. The first-order valence-electron chi connectivity index (χ1n) is 13.8. The average Bonchev–Trinajstić information content (AvgIpc) is 3.45. The maximum absolute atomic E-state index is 13.8. The van der Waals surface area contributed by atoms with Gasteiger partial charge in [-0.3, -0.25) is 4.79 Å². The highest BCUT2D eigenvalue weighted by atomic mass is 32.2. The number of carbonyl (C=O) groups excluding carboxylic acids is 2. The molecule has 4 rings (SSSR count). The van der Waals surface area contributed by atoms with E-state index in [0.29, 0.717) is 19.6 Å². The molecule has 0 aliphatic carbocycles. The smallest absolute Gasteiger partial charge is 0.321 e. The number of thioether (sulfide) groups is 1. The SMILES string of the molecule is CCCCCCOC(=O)CCCC=C1SC[C@H]2[C@@H]1N(Cc1ccccc1)C(=O)N2[C@H](C)c1ccccc1. The topological polar surface area (TPSA) is 49.9 Å². The largest absolute Gasteiger partial charge is 0.466 e. The Hall–Kier alpha value is -2.73. The summed E-state index contributed by atoms with van der Waals surface area (Å²) in [4.78, 5) is 31.3. The van der Waals surface area contributed by atoms with Crippen LogP contribution in [0.4, 0.5) is 4.79 Å². The molecule has 2 aromatic carbocycles. The van der Waals surface area contributed by atoms with Gasteiger partial charge in [-0.2, -0.15) is 0 Å². The molecule has 2 aliphatic rings. The van der Waals surface area contributed by atoms with Crippen LogP contribution in [0.15, 0.2) is 71.6 Å². The molecule has 0 radical (unpaired) electrons. The minimum absolute atomic E-state index is 0.00835. The fraction of sp³-hybridized carbons (Fsp3) is 0.484. The number of hydrogen-bond donors (Lipinski definition) is 0. The predicted octanol–water partition coefficient (Wildman–Crippen LogP) is 7.35. The fourth-order valence-corrected chi connectivity index (χ4v) is 6.70. The normalized spacial score (nSPS) is 20.9. The second-order valence-electron chi connectivity index (χ2n) is 9.99. The summed E-state index contributed by atoms with van der Waals surface area (Å²) in [5, 5.41) is 0. The molecule has 5 nitrogen and oxygen atoms in total. The van der Waals surface area contributed by atoms with Gasteiger partial charge in [0.15, 0.2) is 0 Å². The van der Waals surface area contributed by atoms with Crippen LogP contribution in [-0.2, 0) is 16.1 Å². The Balaban J connectivity index is 1.41. The van der Waals surface area contributed by atoms with Gasteiger partial charge < -0.3 is 14.5 Å². The van der Waals surface area contributed by atoms with Crippen molar-refractivity contribution in [2.75, 3.05) is 12.4 Å². The van der Waals surface area contributed by atoms with Crippen LogP contribution >= 0.6 is 11.8 Å². The van der Waals surface area contributed by atoms with Crippen LogP contribution in [0.2, 0.25) is 0 Å². The number of amides is 2. The standard InChI is InChI=1S/C31H40N2O3S/c1-3-4-5-14-21-36-29(34)20-13-12-19-28-30-27(23-37-28)33(24(2)26-17-10-7-11-18-26)31(35)32(30)22-25-15-8-6-9-16-25/h6-11,15-19,24,27,30H,3-5,12-14,20-23H2,1-2H3/t24-,27+,30+/m1/s1. The summed E-state index contributed by atoms with van der Waals surface area (Å²) in [6.07, 6.45) is 8.73. The summed E-state index contributed by atoms with van der Waals surface area (Å²) in [6.45, 7) is 5.44. The van der Waals surface area contributed by atoms with Gasteiger partial charge in [-0.15, -0.1) is 11.8 Å². The van der Waals surface area contributed by atoms with Crippen LogP contribution < -0.4 is 0 Å². The van der Waals surface area contributed by atoms with Crippen molar-refractivity contribution >= 4 is 23.8 Å². The van der Waals surface area contributed by atoms with Crippen molar-refractivity contribution in [3.63, 3.8) is 0 Å². The number of benzene rings is 2. The van der Waals surface area contributed by atoms with E-state index in [-0.39, 0.29) is 30.1 Å². The first-order valence-corrected chi connectivity index (χ1v) is 14.7. The Morgan fingerprint density at radius 1 is 1.05 bits per heavy atom. The molecule has 0 aromatic heterocycles. The second-order valence-corrected chi connectivity index (χ2v) is 11.1. The molecule has 2 amide bonds. The summed E-state index contributed by atoms with van der Waals surface area (Å²) in [5.41, 5.74) is 2.30. The van der Waals surface area contributed by atoms with Crippen LogP contribution in [-0.4, -0.2) is 46.2 Å². The lowest BCUT2D eigenvalue weighted by molar-refractivity contribution is -0.143. The predicted molar refractivity (Wildman–Crippen MR) is 151 cm³/mol. The quantitative estimate of drug-likeness (QED) is 0.157. The van der Waals surface area contributed by atoms with Crippen molar-refractivity contribution in [3.05, 3.63) is 82.8 Å². The molecule has 2 saturated heterocycles. The number of ether oxygens (including phenoxy) is 1. The van der Waals surface area contributed by atoms with Gasteiger partial charge in [-0.1, -0.05) is 92.9 Å². The van der Waals surface area contributed by atoms with Crippen molar-refractivity contribution in [1.29, 1.82) is 0 Å². The Labute approximate surface area is 226 Å². The lowest BCUT2D eigenvalue weighted by Crippen LogP contribution is -2.38. The third-order valence-electron chi connectivity index (χ3n) is 7.32. The Bertz CT molecular complexity index is 1040. The number of esters is 1. The summed E-state index contributed by atoms with van der Waals surface area (Å²) in [5.74, 6) is 0.793. The molecule has 198 valence electrons. The first-order chi connectivity index (χ1) is 18.1.